The molecule has 0 aliphatic carbocycles. The summed E-state index contributed by atoms with van der Waals surface area (Å²) in [6.45, 7) is 6.25. The van der Waals surface area contributed by atoms with Gasteiger partial charge >= 0.3 is 12.1 Å². The van der Waals surface area contributed by atoms with Gasteiger partial charge in [0, 0.05) is 25.1 Å². The molecule has 0 spiro atoms. The van der Waals surface area contributed by atoms with Crippen molar-refractivity contribution in [3.63, 3.8) is 0 Å². The first-order chi connectivity index (χ1) is 12.0. The molecule has 0 radical (unpaired) electrons. The number of hydrogen-bond acceptors (Lipinski definition) is 4. The minimum Gasteiger partial charge on any atom is -0.472 e. The van der Waals surface area contributed by atoms with Crippen LogP contribution < -0.4 is 0 Å². The van der Waals surface area contributed by atoms with Crippen LogP contribution in [0.15, 0.2) is 12.2 Å². The van der Waals surface area contributed by atoms with Crippen LogP contribution in [-0.4, -0.2) is 111 Å². The molecule has 0 aromatic heterocycles. The Morgan fingerprint density at radius 3 is 1.93 bits per heavy atom. The van der Waals surface area contributed by atoms with E-state index in [1.165, 1.54) is 4.90 Å². The lowest BCUT2D eigenvalue weighted by Gasteiger charge is -2.42. The fourth-order valence-corrected chi connectivity index (χ4v) is 3.88. The van der Waals surface area contributed by atoms with Crippen LogP contribution in [0, 0.1) is 0 Å². The number of rotatable bonds is 12. The summed E-state index contributed by atoms with van der Waals surface area (Å²) in [6, 6.07) is 0. The van der Waals surface area contributed by atoms with Crippen LogP contribution in [0.1, 0.15) is 19.8 Å². The lowest BCUT2D eigenvalue weighted by molar-refractivity contribution is -1.08. The molecular weight excluding hydrogens is 374 g/mol. The zero-order chi connectivity index (χ0) is 21.6. The van der Waals surface area contributed by atoms with Gasteiger partial charge in [-0.15, -0.1) is 0 Å². The zero-order valence-corrected chi connectivity index (χ0v) is 18.1. The third-order valence-corrected chi connectivity index (χ3v) is 5.07. The highest BCUT2D eigenvalue weighted by atomic mass is 32.2. The molecule has 2 N–H and O–H groups in total. The summed E-state index contributed by atoms with van der Waals surface area (Å²) in [4.78, 5) is 25.5. The summed E-state index contributed by atoms with van der Waals surface area (Å²) in [5, 5.41) is 9.62. The van der Waals surface area contributed by atoms with E-state index in [0.29, 0.717) is 25.1 Å². The van der Waals surface area contributed by atoms with Gasteiger partial charge < -0.3 is 10.0 Å². The molecular formula is C17H35N3O6S+2. The molecule has 10 heteroatoms. The van der Waals surface area contributed by atoms with Crippen molar-refractivity contribution in [2.45, 2.75) is 25.9 Å². The second-order valence-corrected chi connectivity index (χ2v) is 9.97. The third kappa shape index (κ3) is 9.32. The van der Waals surface area contributed by atoms with E-state index in [4.69, 9.17) is 4.55 Å². The Balaban J connectivity index is 5.02. The Morgan fingerprint density at radius 1 is 1.07 bits per heavy atom. The molecule has 0 bridgehead atoms. The van der Waals surface area contributed by atoms with Crippen LogP contribution >= 0.6 is 0 Å². The fraction of sp³-hybridized carbons (Fsp3) is 0.765. The molecule has 0 saturated carbocycles. The Kier molecular flexibility index (Phi) is 9.10. The SMILES string of the molecule is C=C(C)C(=O)N(CCC[N+](C)(C)C(C(=O)O)[N+](C)(C)C)CCCS(=O)(=O)O. The van der Waals surface area contributed by atoms with E-state index < -0.39 is 28.0 Å². The third-order valence-electron chi connectivity index (χ3n) is 4.26. The number of carbonyl (C=O) groups excluding carboxylic acids is 1. The number of carboxylic acid groups (broad SMARTS) is 1. The summed E-state index contributed by atoms with van der Waals surface area (Å²) < 4.78 is 31.1. The Labute approximate surface area is 162 Å². The van der Waals surface area contributed by atoms with E-state index in [0.717, 1.165) is 0 Å². The first-order valence-corrected chi connectivity index (χ1v) is 10.4. The van der Waals surface area contributed by atoms with Crippen molar-refractivity contribution in [1.82, 2.24) is 4.90 Å². The smallest absolute Gasteiger partial charge is 0.423 e. The van der Waals surface area contributed by atoms with Gasteiger partial charge in [0.15, 0.2) is 0 Å². The number of hydrogen-bond donors (Lipinski definition) is 2. The highest BCUT2D eigenvalue weighted by Gasteiger charge is 2.45. The molecule has 0 aromatic carbocycles. The van der Waals surface area contributed by atoms with Crippen molar-refractivity contribution < 1.29 is 36.6 Å². The van der Waals surface area contributed by atoms with E-state index in [9.17, 15) is 23.1 Å². The van der Waals surface area contributed by atoms with Crippen LogP contribution in [0.3, 0.4) is 0 Å². The van der Waals surface area contributed by atoms with Gasteiger partial charge in [0.2, 0.25) is 5.91 Å². The number of amides is 1. The van der Waals surface area contributed by atoms with Crippen molar-refractivity contribution in [3.8, 4) is 0 Å². The van der Waals surface area contributed by atoms with Gasteiger partial charge in [0.25, 0.3) is 10.1 Å². The van der Waals surface area contributed by atoms with E-state index in [2.05, 4.69) is 6.58 Å². The van der Waals surface area contributed by atoms with Crippen molar-refractivity contribution >= 4 is 22.0 Å². The number of aliphatic carboxylic acids is 1. The van der Waals surface area contributed by atoms with Gasteiger partial charge in [-0.05, 0) is 13.3 Å². The van der Waals surface area contributed by atoms with E-state index in [1.54, 1.807) is 6.92 Å². The quantitative estimate of drug-likeness (QED) is 0.207. The molecule has 0 aliphatic heterocycles. The molecule has 0 rings (SSSR count). The van der Waals surface area contributed by atoms with Crippen LogP contribution in [-0.2, 0) is 19.7 Å². The van der Waals surface area contributed by atoms with E-state index in [-0.39, 0.29) is 27.8 Å². The van der Waals surface area contributed by atoms with Gasteiger partial charge in [-0.2, -0.15) is 8.42 Å². The average Bonchev–Trinajstić information content (AvgIpc) is 2.40. The highest BCUT2D eigenvalue weighted by Crippen LogP contribution is 2.16. The standard InChI is InChI=1S/C17H33N3O6S/c1-14(2)15(21)18(11-9-13-27(24,25)26)10-8-12-20(6,7)16(17(22)23)19(3,4)5/h16H,1,8-13H2,2-7H3/p+2. The van der Waals surface area contributed by atoms with Gasteiger partial charge in [-0.1, -0.05) is 6.58 Å². The number of nitrogens with zero attached hydrogens (tertiary/aromatic N) is 3. The Bertz CT molecular complexity index is 652. The van der Waals surface area contributed by atoms with Crippen LogP contribution in [0.4, 0.5) is 0 Å². The van der Waals surface area contributed by atoms with Crippen LogP contribution in [0.2, 0.25) is 0 Å². The summed E-state index contributed by atoms with van der Waals surface area (Å²) in [6.07, 6.45) is -0.0103. The summed E-state index contributed by atoms with van der Waals surface area (Å²) >= 11 is 0. The molecule has 0 aromatic rings. The molecule has 9 nitrogen and oxygen atoms in total. The van der Waals surface area contributed by atoms with Crippen LogP contribution in [0.25, 0.3) is 0 Å². The second-order valence-electron chi connectivity index (χ2n) is 8.40. The Hall–Kier alpha value is -1.49. The minimum absolute atomic E-state index is 0.118. The maximum atomic E-state index is 12.3. The summed E-state index contributed by atoms with van der Waals surface area (Å²) in [7, 11) is 5.07. The first-order valence-electron chi connectivity index (χ1n) is 8.75. The number of quaternary nitrogens is 2. The van der Waals surface area contributed by atoms with Gasteiger partial charge in [-0.3, -0.25) is 18.3 Å². The highest BCUT2D eigenvalue weighted by molar-refractivity contribution is 7.85. The van der Waals surface area contributed by atoms with E-state index in [1.807, 2.05) is 35.2 Å². The normalized spacial score (nSPS) is 13.9. The molecule has 1 atom stereocenters. The predicted molar refractivity (Wildman–Crippen MR) is 103 cm³/mol. The molecule has 1 unspecified atom stereocenters. The average molecular weight is 410 g/mol. The fourth-order valence-electron chi connectivity index (χ4n) is 3.38. The minimum atomic E-state index is -4.08. The molecule has 0 heterocycles. The Morgan fingerprint density at radius 2 is 1.56 bits per heavy atom. The van der Waals surface area contributed by atoms with Crippen molar-refractivity contribution in [2.24, 2.45) is 0 Å². The maximum absolute atomic E-state index is 12.3. The number of likely N-dealkylation sites (N-methyl/N-ethyl adjacent to an activating group) is 2. The van der Waals surface area contributed by atoms with E-state index >= 15 is 0 Å². The van der Waals surface area contributed by atoms with Crippen molar-refractivity contribution in [3.05, 3.63) is 12.2 Å². The monoisotopic (exact) mass is 409 g/mol. The van der Waals surface area contributed by atoms with Crippen LogP contribution in [0.5, 0.6) is 0 Å². The largest absolute Gasteiger partial charge is 0.472 e. The molecule has 0 fully saturated rings. The van der Waals surface area contributed by atoms with Gasteiger partial charge in [0.1, 0.15) is 0 Å². The molecule has 0 saturated heterocycles. The maximum Gasteiger partial charge on any atom is 0.423 e. The topological polar surface area (TPSA) is 112 Å². The summed E-state index contributed by atoms with van der Waals surface area (Å²) in [5.74, 6) is -1.59. The molecule has 0 aliphatic rings. The van der Waals surface area contributed by atoms with Crippen molar-refractivity contribution in [1.29, 1.82) is 0 Å². The van der Waals surface area contributed by atoms with Gasteiger partial charge in [0.05, 0.1) is 47.5 Å². The lowest BCUT2D eigenvalue weighted by atomic mass is 10.2. The van der Waals surface area contributed by atoms with Crippen molar-refractivity contribution in [2.75, 3.05) is 60.6 Å². The first kappa shape index (κ1) is 25.5. The predicted octanol–water partition coefficient (Wildman–Crippen LogP) is 0.252. The molecule has 158 valence electrons. The lowest BCUT2D eigenvalue weighted by Crippen LogP contribution is -2.66. The molecule has 27 heavy (non-hydrogen) atoms. The second kappa shape index (κ2) is 9.63. The zero-order valence-electron chi connectivity index (χ0n) is 17.3. The molecule has 1 amide bonds. The van der Waals surface area contributed by atoms with Gasteiger partial charge in [-0.25, -0.2) is 4.79 Å². The summed E-state index contributed by atoms with van der Waals surface area (Å²) in [5.41, 5.74) is 0.338. The number of carboxylic acids is 1. The number of carbonyl (C=O) groups is 2.